The van der Waals surface area contributed by atoms with Gasteiger partial charge in [0.1, 0.15) is 0 Å². The molecular formula is C12H21O2. The average molecular weight is 197 g/mol. The Labute approximate surface area is 87.0 Å². The van der Waals surface area contributed by atoms with E-state index >= 15 is 0 Å². The first-order chi connectivity index (χ1) is 6.84. The molecule has 0 bridgehead atoms. The molecule has 2 heteroatoms. The average Bonchev–Trinajstić information content (AvgIpc) is 2.70. The predicted molar refractivity (Wildman–Crippen MR) is 56.7 cm³/mol. The number of ether oxygens (including phenoxy) is 1. The molecule has 81 valence electrons. The lowest BCUT2D eigenvalue weighted by Crippen LogP contribution is -2.15. The second kappa shape index (κ2) is 6.86. The molecule has 0 aliphatic heterocycles. The van der Waals surface area contributed by atoms with Crippen molar-refractivity contribution < 1.29 is 9.53 Å². The van der Waals surface area contributed by atoms with Crippen LogP contribution in [0.1, 0.15) is 51.4 Å². The molecule has 1 rings (SSSR count). The predicted octanol–water partition coefficient (Wildman–Crippen LogP) is 3.11. The second-order valence-electron chi connectivity index (χ2n) is 4.06. The summed E-state index contributed by atoms with van der Waals surface area (Å²) in [5, 5.41) is 0. The Bertz CT molecular complexity index is 160. The van der Waals surface area contributed by atoms with Crippen molar-refractivity contribution in [2.45, 2.75) is 51.4 Å². The van der Waals surface area contributed by atoms with Crippen LogP contribution in [0.15, 0.2) is 0 Å². The molecule has 2 nitrogen and oxygen atoms in total. The van der Waals surface area contributed by atoms with E-state index in [4.69, 9.17) is 4.74 Å². The summed E-state index contributed by atoms with van der Waals surface area (Å²) in [6.45, 7) is 4.38. The van der Waals surface area contributed by atoms with Crippen LogP contribution in [0.2, 0.25) is 0 Å². The molecule has 0 heterocycles. The third-order valence-electron chi connectivity index (χ3n) is 2.83. The zero-order valence-corrected chi connectivity index (χ0v) is 8.96. The van der Waals surface area contributed by atoms with E-state index < -0.39 is 0 Å². The number of unbranched alkanes of at least 4 members (excludes halogenated alkanes) is 3. The van der Waals surface area contributed by atoms with Gasteiger partial charge in [0, 0.05) is 0 Å². The molecule has 0 unspecified atom stereocenters. The summed E-state index contributed by atoms with van der Waals surface area (Å²) in [5.74, 6) is 0.250. The summed E-state index contributed by atoms with van der Waals surface area (Å²) < 4.78 is 5.21. The van der Waals surface area contributed by atoms with Gasteiger partial charge in [-0.1, -0.05) is 39.0 Å². The molecule has 0 aromatic heterocycles. The molecule has 0 atom stereocenters. The van der Waals surface area contributed by atoms with Crippen LogP contribution in [0.4, 0.5) is 0 Å². The van der Waals surface area contributed by atoms with Crippen molar-refractivity contribution in [3.63, 3.8) is 0 Å². The van der Waals surface area contributed by atoms with Crippen molar-refractivity contribution in [1.29, 1.82) is 0 Å². The number of hydrogen-bond acceptors (Lipinski definition) is 2. The van der Waals surface area contributed by atoms with Gasteiger partial charge in [-0.2, -0.15) is 0 Å². The number of rotatable bonds is 6. The summed E-state index contributed by atoms with van der Waals surface area (Å²) in [4.78, 5) is 11.4. The topological polar surface area (TPSA) is 26.3 Å². The van der Waals surface area contributed by atoms with Crippen LogP contribution in [0.3, 0.4) is 0 Å². The Morgan fingerprint density at radius 3 is 2.57 bits per heavy atom. The zero-order chi connectivity index (χ0) is 10.2. The molecule has 1 aliphatic rings. The molecule has 1 aliphatic carbocycles. The van der Waals surface area contributed by atoms with E-state index in [1.807, 2.05) is 0 Å². The van der Waals surface area contributed by atoms with Gasteiger partial charge in [-0.05, 0) is 19.3 Å². The minimum Gasteiger partial charge on any atom is -0.465 e. The van der Waals surface area contributed by atoms with Gasteiger partial charge in [0.15, 0.2) is 0 Å². The molecule has 0 spiro atoms. The minimum atomic E-state index is 0.0390. The lowest BCUT2D eigenvalue weighted by Gasteiger charge is -2.08. The molecule has 0 aromatic carbocycles. The molecule has 0 saturated heterocycles. The zero-order valence-electron chi connectivity index (χ0n) is 8.96. The first kappa shape index (κ1) is 11.5. The van der Waals surface area contributed by atoms with Crippen molar-refractivity contribution in [3.05, 3.63) is 6.92 Å². The lowest BCUT2D eigenvalue weighted by atomic mass is 10.1. The Hall–Kier alpha value is -0.530. The third-order valence-corrected chi connectivity index (χ3v) is 2.83. The lowest BCUT2D eigenvalue weighted by molar-refractivity contribution is -0.148. The fourth-order valence-electron chi connectivity index (χ4n) is 1.91. The van der Waals surface area contributed by atoms with E-state index in [9.17, 15) is 4.79 Å². The molecule has 0 aromatic rings. The van der Waals surface area contributed by atoms with E-state index in [0.29, 0.717) is 6.61 Å². The van der Waals surface area contributed by atoms with Gasteiger partial charge in [0.05, 0.1) is 12.5 Å². The summed E-state index contributed by atoms with van der Waals surface area (Å²) in [7, 11) is 0. The fourth-order valence-corrected chi connectivity index (χ4v) is 1.91. The SMILES string of the molecule is [CH2]CCCCCOC(=O)C1CCCC1. The van der Waals surface area contributed by atoms with Crippen molar-refractivity contribution >= 4 is 5.97 Å². The highest BCUT2D eigenvalue weighted by atomic mass is 16.5. The molecule has 0 N–H and O–H groups in total. The highest BCUT2D eigenvalue weighted by molar-refractivity contribution is 5.72. The van der Waals surface area contributed by atoms with Crippen LogP contribution >= 0.6 is 0 Å². The molecule has 1 fully saturated rings. The highest BCUT2D eigenvalue weighted by Crippen LogP contribution is 2.25. The molecule has 1 radical (unpaired) electrons. The van der Waals surface area contributed by atoms with E-state index in [-0.39, 0.29) is 11.9 Å². The van der Waals surface area contributed by atoms with E-state index in [0.717, 1.165) is 38.5 Å². The first-order valence-corrected chi connectivity index (χ1v) is 5.80. The number of carbonyl (C=O) groups is 1. The van der Waals surface area contributed by atoms with Gasteiger partial charge in [0.25, 0.3) is 0 Å². The van der Waals surface area contributed by atoms with Crippen molar-refractivity contribution in [2.75, 3.05) is 6.61 Å². The molecule has 1 saturated carbocycles. The summed E-state index contributed by atoms with van der Waals surface area (Å²) in [6.07, 6.45) is 8.71. The molecule has 0 amide bonds. The standard InChI is InChI=1S/C12H21O2/c1-2-3-4-7-10-14-12(13)11-8-5-6-9-11/h11H,1-10H2. The smallest absolute Gasteiger partial charge is 0.308 e. The Morgan fingerprint density at radius 1 is 1.21 bits per heavy atom. The maximum absolute atomic E-state index is 11.4. The van der Waals surface area contributed by atoms with Crippen molar-refractivity contribution in [1.82, 2.24) is 0 Å². The third kappa shape index (κ3) is 4.12. The van der Waals surface area contributed by atoms with Gasteiger partial charge < -0.3 is 4.74 Å². The maximum Gasteiger partial charge on any atom is 0.308 e. The number of carbonyl (C=O) groups excluding carboxylic acids is 1. The van der Waals surface area contributed by atoms with Gasteiger partial charge >= 0.3 is 5.97 Å². The highest BCUT2D eigenvalue weighted by Gasteiger charge is 2.23. The van der Waals surface area contributed by atoms with Gasteiger partial charge in [-0.3, -0.25) is 4.79 Å². The number of hydrogen-bond donors (Lipinski definition) is 0. The van der Waals surface area contributed by atoms with E-state index in [2.05, 4.69) is 6.92 Å². The first-order valence-electron chi connectivity index (χ1n) is 5.80. The normalized spacial score (nSPS) is 17.2. The quantitative estimate of drug-likeness (QED) is 0.483. The summed E-state index contributed by atoms with van der Waals surface area (Å²) in [5.41, 5.74) is 0. The van der Waals surface area contributed by atoms with Gasteiger partial charge in [-0.15, -0.1) is 0 Å². The second-order valence-corrected chi connectivity index (χ2v) is 4.06. The molecular weight excluding hydrogens is 176 g/mol. The van der Waals surface area contributed by atoms with Crippen LogP contribution in [0, 0.1) is 12.8 Å². The van der Waals surface area contributed by atoms with E-state index in [1.165, 1.54) is 12.8 Å². The monoisotopic (exact) mass is 197 g/mol. The summed E-state index contributed by atoms with van der Waals surface area (Å²) in [6, 6.07) is 0. The van der Waals surface area contributed by atoms with Crippen molar-refractivity contribution in [2.24, 2.45) is 5.92 Å². The van der Waals surface area contributed by atoms with Crippen LogP contribution in [0.5, 0.6) is 0 Å². The fraction of sp³-hybridized carbons (Fsp3) is 0.833. The van der Waals surface area contributed by atoms with Crippen LogP contribution in [-0.4, -0.2) is 12.6 Å². The van der Waals surface area contributed by atoms with Crippen LogP contribution < -0.4 is 0 Å². The molecule has 14 heavy (non-hydrogen) atoms. The van der Waals surface area contributed by atoms with Crippen LogP contribution in [0.25, 0.3) is 0 Å². The maximum atomic E-state index is 11.4. The van der Waals surface area contributed by atoms with Crippen molar-refractivity contribution in [3.8, 4) is 0 Å². The minimum absolute atomic E-state index is 0.0390. The summed E-state index contributed by atoms with van der Waals surface area (Å²) >= 11 is 0. The Morgan fingerprint density at radius 2 is 1.93 bits per heavy atom. The van der Waals surface area contributed by atoms with E-state index in [1.54, 1.807) is 0 Å². The number of esters is 1. The van der Waals surface area contributed by atoms with Gasteiger partial charge in [-0.25, -0.2) is 0 Å². The van der Waals surface area contributed by atoms with Gasteiger partial charge in [0.2, 0.25) is 0 Å². The Kier molecular flexibility index (Phi) is 5.65. The largest absolute Gasteiger partial charge is 0.465 e. The van der Waals surface area contributed by atoms with Crippen LogP contribution in [-0.2, 0) is 9.53 Å². The Balaban J connectivity index is 1.97.